The van der Waals surface area contributed by atoms with E-state index in [1.165, 1.54) is 0 Å². The van der Waals surface area contributed by atoms with Gasteiger partial charge in [0.1, 0.15) is 17.4 Å². The quantitative estimate of drug-likeness (QED) is 0.483. The van der Waals surface area contributed by atoms with Crippen molar-refractivity contribution >= 4 is 22.9 Å². The minimum atomic E-state index is -1.00. The van der Waals surface area contributed by atoms with E-state index in [4.69, 9.17) is 9.52 Å². The predicted octanol–water partition coefficient (Wildman–Crippen LogP) is 4.38. The summed E-state index contributed by atoms with van der Waals surface area (Å²) in [5.74, 6) is -0.817. The summed E-state index contributed by atoms with van der Waals surface area (Å²) in [6.07, 6.45) is 8.57. The van der Waals surface area contributed by atoms with Gasteiger partial charge in [-0.2, -0.15) is 0 Å². The Hall–Kier alpha value is -2.99. The number of aliphatic hydroxyl groups is 1. The minimum Gasteiger partial charge on any atom is -0.481 e. The van der Waals surface area contributed by atoms with E-state index in [1.54, 1.807) is 12.1 Å². The molecule has 1 aromatic heterocycles. The molecule has 3 rings (SSSR count). The standard InChI is InChI=1S/C23H25NO5/c1-15-14-20(26)17(8-4-2-3-5-11-22(27)28)16(15)12-13-19(25)23-24-18-9-6-7-10-21(18)29-23/h2,4,6-7,9-10,12-13,16-17,19,25H,1,3,5,8,11,14H2,(H,27,28)/t16-,17+,19+/m0/s1. The maximum atomic E-state index is 12.3. The first-order valence-electron chi connectivity index (χ1n) is 9.74. The molecule has 0 unspecified atom stereocenters. The van der Waals surface area contributed by atoms with Gasteiger partial charge in [0.25, 0.3) is 0 Å². The van der Waals surface area contributed by atoms with Crippen molar-refractivity contribution in [2.24, 2.45) is 11.8 Å². The molecule has 0 aliphatic heterocycles. The first kappa shape index (κ1) is 20.7. The number of rotatable bonds is 9. The Balaban J connectivity index is 1.62. The zero-order chi connectivity index (χ0) is 20.8. The van der Waals surface area contributed by atoms with Crippen molar-refractivity contribution in [2.45, 2.75) is 38.2 Å². The summed E-state index contributed by atoms with van der Waals surface area (Å²) in [4.78, 5) is 27.2. The molecule has 0 spiro atoms. The van der Waals surface area contributed by atoms with Crippen molar-refractivity contribution in [3.8, 4) is 0 Å². The molecule has 1 aliphatic carbocycles. The number of aliphatic hydroxyl groups excluding tert-OH is 1. The number of Topliss-reactive ketones (excluding diaryl/α,β-unsaturated/α-hetero) is 1. The van der Waals surface area contributed by atoms with E-state index in [0.717, 1.165) is 5.57 Å². The highest BCUT2D eigenvalue weighted by Crippen LogP contribution is 2.37. The van der Waals surface area contributed by atoms with Crippen LogP contribution in [0.4, 0.5) is 0 Å². The number of aliphatic carboxylic acids is 1. The van der Waals surface area contributed by atoms with Gasteiger partial charge in [-0.25, -0.2) is 4.98 Å². The van der Waals surface area contributed by atoms with Gasteiger partial charge in [-0.1, -0.05) is 48.6 Å². The van der Waals surface area contributed by atoms with Crippen molar-refractivity contribution in [1.82, 2.24) is 4.98 Å². The number of ketones is 1. The Morgan fingerprint density at radius 2 is 2.14 bits per heavy atom. The molecule has 0 saturated heterocycles. The van der Waals surface area contributed by atoms with Crippen LogP contribution in [0, 0.1) is 11.8 Å². The van der Waals surface area contributed by atoms with Crippen LogP contribution >= 0.6 is 0 Å². The third-order valence-corrected chi connectivity index (χ3v) is 5.10. The van der Waals surface area contributed by atoms with Gasteiger partial charge in [0.15, 0.2) is 5.58 Å². The Morgan fingerprint density at radius 3 is 2.90 bits per heavy atom. The monoisotopic (exact) mass is 395 g/mol. The van der Waals surface area contributed by atoms with E-state index >= 15 is 0 Å². The molecule has 2 N–H and O–H groups in total. The lowest BCUT2D eigenvalue weighted by atomic mass is 9.89. The fraction of sp³-hybridized carbons (Fsp3) is 0.348. The Labute approximate surface area is 169 Å². The van der Waals surface area contributed by atoms with Crippen LogP contribution in [0.1, 0.15) is 44.1 Å². The maximum absolute atomic E-state index is 12.3. The fourth-order valence-corrected chi connectivity index (χ4v) is 3.56. The van der Waals surface area contributed by atoms with Gasteiger partial charge in [-0.15, -0.1) is 0 Å². The maximum Gasteiger partial charge on any atom is 0.303 e. The number of unbranched alkanes of at least 4 members (excludes halogenated alkanes) is 1. The zero-order valence-corrected chi connectivity index (χ0v) is 16.2. The molecule has 6 heteroatoms. The number of oxazole rings is 1. The number of hydrogen-bond donors (Lipinski definition) is 2. The van der Waals surface area contributed by atoms with Crippen LogP contribution in [0.2, 0.25) is 0 Å². The van der Waals surface area contributed by atoms with Gasteiger partial charge in [0.05, 0.1) is 0 Å². The van der Waals surface area contributed by atoms with E-state index < -0.39 is 12.1 Å². The summed E-state index contributed by atoms with van der Waals surface area (Å²) in [5, 5.41) is 19.1. The van der Waals surface area contributed by atoms with Crippen molar-refractivity contribution < 1.29 is 24.2 Å². The van der Waals surface area contributed by atoms with Gasteiger partial charge < -0.3 is 14.6 Å². The topological polar surface area (TPSA) is 101 Å². The Kier molecular flexibility index (Phi) is 6.77. The number of carbonyl (C=O) groups is 2. The van der Waals surface area contributed by atoms with Gasteiger partial charge in [-0.05, 0) is 31.4 Å². The van der Waals surface area contributed by atoms with Gasteiger partial charge in [0.2, 0.25) is 5.89 Å². The SMILES string of the molecule is C=C1CC(=O)[C@H](CC=CCCCC(=O)O)[C@H]1C=C[C@@H](O)c1nc2ccccc2o1. The number of benzene rings is 1. The molecule has 152 valence electrons. The Bertz CT molecular complexity index is 922. The van der Waals surface area contributed by atoms with Crippen molar-refractivity contribution in [1.29, 1.82) is 0 Å². The van der Waals surface area contributed by atoms with E-state index in [0.29, 0.717) is 36.8 Å². The highest BCUT2D eigenvalue weighted by molar-refractivity contribution is 5.87. The van der Waals surface area contributed by atoms with E-state index in [9.17, 15) is 14.7 Å². The third-order valence-electron chi connectivity index (χ3n) is 5.10. The Morgan fingerprint density at radius 1 is 1.34 bits per heavy atom. The molecular weight excluding hydrogens is 370 g/mol. The van der Waals surface area contributed by atoms with Crippen molar-refractivity contribution in [3.63, 3.8) is 0 Å². The molecule has 1 aromatic carbocycles. The van der Waals surface area contributed by atoms with E-state index in [1.807, 2.05) is 36.4 Å². The summed E-state index contributed by atoms with van der Waals surface area (Å²) in [7, 11) is 0. The highest BCUT2D eigenvalue weighted by Gasteiger charge is 2.35. The second-order valence-corrected chi connectivity index (χ2v) is 7.28. The van der Waals surface area contributed by atoms with Crippen LogP contribution in [-0.4, -0.2) is 26.9 Å². The summed E-state index contributed by atoms with van der Waals surface area (Å²) in [6.45, 7) is 4.02. The fourth-order valence-electron chi connectivity index (χ4n) is 3.56. The molecule has 2 aromatic rings. The van der Waals surface area contributed by atoms with Crippen LogP contribution in [0.15, 0.2) is 65.1 Å². The number of carbonyl (C=O) groups excluding carboxylic acids is 1. The molecule has 29 heavy (non-hydrogen) atoms. The van der Waals surface area contributed by atoms with Crippen LogP contribution in [0.5, 0.6) is 0 Å². The number of para-hydroxylation sites is 2. The summed E-state index contributed by atoms with van der Waals surface area (Å²) >= 11 is 0. The molecule has 0 amide bonds. The summed E-state index contributed by atoms with van der Waals surface area (Å²) in [5.41, 5.74) is 2.13. The number of nitrogens with zero attached hydrogens (tertiary/aromatic N) is 1. The lowest BCUT2D eigenvalue weighted by molar-refractivity contribution is -0.137. The molecule has 1 saturated carbocycles. The largest absolute Gasteiger partial charge is 0.481 e. The molecule has 0 bridgehead atoms. The van der Waals surface area contributed by atoms with Gasteiger partial charge in [-0.3, -0.25) is 9.59 Å². The van der Waals surface area contributed by atoms with Crippen molar-refractivity contribution in [2.75, 3.05) is 0 Å². The van der Waals surface area contributed by atoms with E-state index in [-0.39, 0.29) is 29.9 Å². The molecule has 1 fully saturated rings. The molecule has 0 radical (unpaired) electrons. The van der Waals surface area contributed by atoms with Crippen LogP contribution < -0.4 is 0 Å². The lowest BCUT2D eigenvalue weighted by Gasteiger charge is -2.14. The van der Waals surface area contributed by atoms with E-state index in [2.05, 4.69) is 11.6 Å². The zero-order valence-electron chi connectivity index (χ0n) is 16.2. The summed E-state index contributed by atoms with van der Waals surface area (Å²) in [6, 6.07) is 7.30. The number of aromatic nitrogens is 1. The van der Waals surface area contributed by atoms with Crippen molar-refractivity contribution in [3.05, 3.63) is 66.6 Å². The molecule has 1 aliphatic rings. The number of allylic oxidation sites excluding steroid dienone is 4. The average molecular weight is 395 g/mol. The predicted molar refractivity (Wildman–Crippen MR) is 109 cm³/mol. The molecule has 1 heterocycles. The van der Waals surface area contributed by atoms with Gasteiger partial charge in [0, 0.05) is 24.7 Å². The summed E-state index contributed by atoms with van der Waals surface area (Å²) < 4.78 is 5.58. The van der Waals surface area contributed by atoms with Crippen LogP contribution in [-0.2, 0) is 9.59 Å². The number of carboxylic acids is 1. The minimum absolute atomic E-state index is 0.135. The highest BCUT2D eigenvalue weighted by atomic mass is 16.4. The lowest BCUT2D eigenvalue weighted by Crippen LogP contribution is -2.13. The molecule has 3 atom stereocenters. The number of hydrogen-bond acceptors (Lipinski definition) is 5. The number of fused-ring (bicyclic) bond motifs is 1. The second-order valence-electron chi connectivity index (χ2n) is 7.28. The normalized spacial score (nSPS) is 21.0. The molecule has 6 nitrogen and oxygen atoms in total. The smallest absolute Gasteiger partial charge is 0.303 e. The number of carboxylic acid groups (broad SMARTS) is 1. The molecular formula is C23H25NO5. The first-order valence-corrected chi connectivity index (χ1v) is 9.74. The van der Waals surface area contributed by atoms with Crippen LogP contribution in [0.3, 0.4) is 0 Å². The average Bonchev–Trinajstić information content (AvgIpc) is 3.23. The van der Waals surface area contributed by atoms with Gasteiger partial charge >= 0.3 is 5.97 Å². The third kappa shape index (κ3) is 5.29. The van der Waals surface area contributed by atoms with Crippen LogP contribution in [0.25, 0.3) is 11.1 Å². The first-order chi connectivity index (χ1) is 14.0. The second kappa shape index (κ2) is 9.47.